The lowest BCUT2D eigenvalue weighted by Crippen LogP contribution is -2.15. The first kappa shape index (κ1) is 29.9. The molecule has 0 aliphatic rings. The summed E-state index contributed by atoms with van der Waals surface area (Å²) in [7, 11) is -7.00. The Labute approximate surface area is 222 Å². The smallest absolute Gasteiger partial charge is 0.319 e. The molecule has 7 nitrogen and oxygen atoms in total. The highest BCUT2D eigenvalue weighted by molar-refractivity contribution is 7.94. The molecule has 0 radical (unpaired) electrons. The van der Waals surface area contributed by atoms with E-state index in [0.717, 1.165) is 17.4 Å². The highest BCUT2D eigenvalue weighted by Gasteiger charge is 2.17. The fraction of sp³-hybridized carbons (Fsp3) is 0.0345. The fourth-order valence-corrected chi connectivity index (χ4v) is 4.92. The first-order valence-electron chi connectivity index (χ1n) is 11.2. The predicted octanol–water partition coefficient (Wildman–Crippen LogP) is 5.18. The van der Waals surface area contributed by atoms with Crippen molar-refractivity contribution in [3.05, 3.63) is 138 Å². The molecule has 196 valence electrons. The number of rotatable bonds is 7. The van der Waals surface area contributed by atoms with E-state index in [1.807, 2.05) is 48.5 Å². The molecule has 0 heterocycles. The maximum absolute atomic E-state index is 11.9. The maximum Gasteiger partial charge on any atom is 0.319 e. The van der Waals surface area contributed by atoms with Gasteiger partial charge < -0.3 is 5.11 Å². The van der Waals surface area contributed by atoms with Crippen LogP contribution in [-0.2, 0) is 24.5 Å². The second kappa shape index (κ2) is 15.0. The molecule has 0 fully saturated rings. The number of benzene rings is 4. The Bertz CT molecular complexity index is 1520. The molecule has 4 rings (SSSR count). The van der Waals surface area contributed by atoms with Crippen molar-refractivity contribution < 1.29 is 31.5 Å². The van der Waals surface area contributed by atoms with Crippen LogP contribution in [0.5, 0.6) is 0 Å². The third kappa shape index (κ3) is 10.7. The van der Waals surface area contributed by atoms with E-state index in [1.165, 1.54) is 17.5 Å². The molecule has 0 saturated heterocycles. The average Bonchev–Trinajstić information content (AvgIpc) is 2.94. The molecule has 0 aliphatic heterocycles. The van der Waals surface area contributed by atoms with Crippen molar-refractivity contribution in [1.29, 1.82) is 0 Å². The van der Waals surface area contributed by atoms with Gasteiger partial charge in [-0.3, -0.25) is 9.59 Å². The number of aldehydes is 1. The van der Waals surface area contributed by atoms with Crippen LogP contribution in [0, 0.1) is 0 Å². The van der Waals surface area contributed by atoms with Gasteiger partial charge in [-0.25, -0.2) is 16.8 Å². The minimum atomic E-state index is -3.66. The van der Waals surface area contributed by atoms with Gasteiger partial charge in [-0.15, -0.1) is 0 Å². The summed E-state index contributed by atoms with van der Waals surface area (Å²) >= 11 is 0. The van der Waals surface area contributed by atoms with Crippen LogP contribution < -0.4 is 0 Å². The van der Waals surface area contributed by atoms with Crippen molar-refractivity contribution in [1.82, 2.24) is 0 Å². The van der Waals surface area contributed by atoms with Gasteiger partial charge in [-0.2, -0.15) is 0 Å². The van der Waals surface area contributed by atoms with Crippen LogP contribution in [0.4, 0.5) is 0 Å². The molecule has 0 aromatic heterocycles. The molecule has 4 aromatic rings. The van der Waals surface area contributed by atoms with Crippen LogP contribution in [0.25, 0.3) is 6.08 Å². The predicted molar refractivity (Wildman–Crippen MR) is 147 cm³/mol. The second-order valence-electron chi connectivity index (χ2n) is 7.57. The molecular formula is C29H26O7S2. The summed E-state index contributed by atoms with van der Waals surface area (Å²) in [5.74, 6) is -2.21. The lowest BCUT2D eigenvalue weighted by molar-refractivity contribution is -0.134. The number of aliphatic carboxylic acids is 1. The van der Waals surface area contributed by atoms with E-state index >= 15 is 0 Å². The summed E-state index contributed by atoms with van der Waals surface area (Å²) < 4.78 is 46.4. The maximum atomic E-state index is 11.9. The van der Waals surface area contributed by atoms with Crippen molar-refractivity contribution in [3.8, 4) is 0 Å². The Balaban J connectivity index is 0.000000214. The normalized spacial score (nSPS) is 10.8. The Morgan fingerprint density at radius 3 is 1.39 bits per heavy atom. The number of carbonyl (C=O) groups is 2. The number of carboxylic acid groups (broad SMARTS) is 1. The molecule has 0 bridgehead atoms. The zero-order chi connectivity index (χ0) is 27.9. The van der Waals surface area contributed by atoms with E-state index in [1.54, 1.807) is 66.7 Å². The number of hydrogen-bond donors (Lipinski definition) is 1. The quantitative estimate of drug-likeness (QED) is 0.315. The van der Waals surface area contributed by atoms with Gasteiger partial charge in [0.05, 0.1) is 9.79 Å². The van der Waals surface area contributed by atoms with E-state index in [9.17, 15) is 26.4 Å². The van der Waals surface area contributed by atoms with Crippen molar-refractivity contribution in [3.63, 3.8) is 0 Å². The van der Waals surface area contributed by atoms with Crippen molar-refractivity contribution in [2.45, 2.75) is 9.79 Å². The fourth-order valence-electron chi connectivity index (χ4n) is 2.83. The highest BCUT2D eigenvalue weighted by Crippen LogP contribution is 2.13. The molecule has 1 N–H and O–H groups in total. The van der Waals surface area contributed by atoms with Gasteiger partial charge >= 0.3 is 5.97 Å². The lowest BCUT2D eigenvalue weighted by atomic mass is 10.2. The SMILES string of the molecule is O=C(O)CS(=O)(=O)c1ccccc1.O=Cc1ccccc1.O=S(=O)(C=Cc1ccccc1)c1ccccc1. The van der Waals surface area contributed by atoms with Crippen LogP contribution in [0.2, 0.25) is 0 Å². The van der Waals surface area contributed by atoms with Crippen LogP contribution in [0.1, 0.15) is 15.9 Å². The average molecular weight is 551 g/mol. The minimum absolute atomic E-state index is 0.0393. The van der Waals surface area contributed by atoms with E-state index in [2.05, 4.69) is 0 Å². The van der Waals surface area contributed by atoms with Crippen LogP contribution in [0.3, 0.4) is 0 Å². The Hall–Kier alpha value is -4.34. The summed E-state index contributed by atoms with van der Waals surface area (Å²) in [6, 6.07) is 34.3. The summed E-state index contributed by atoms with van der Waals surface area (Å²) in [5.41, 5.74) is 1.60. The second-order valence-corrected chi connectivity index (χ2v) is 11.4. The van der Waals surface area contributed by atoms with Gasteiger partial charge in [0.25, 0.3) is 0 Å². The lowest BCUT2D eigenvalue weighted by Gasteiger charge is -1.99. The summed E-state index contributed by atoms with van der Waals surface area (Å²) in [6.45, 7) is 0. The van der Waals surface area contributed by atoms with E-state index < -0.39 is 31.4 Å². The molecule has 38 heavy (non-hydrogen) atoms. The number of hydrogen-bond acceptors (Lipinski definition) is 6. The van der Waals surface area contributed by atoms with Gasteiger partial charge in [0, 0.05) is 11.0 Å². The molecule has 0 spiro atoms. The number of carboxylic acids is 1. The van der Waals surface area contributed by atoms with Gasteiger partial charge in [-0.05, 0) is 35.9 Å². The molecule has 9 heteroatoms. The third-order valence-electron chi connectivity index (χ3n) is 4.66. The van der Waals surface area contributed by atoms with Crippen molar-refractivity contribution in [2.75, 3.05) is 5.75 Å². The molecule has 0 saturated carbocycles. The zero-order valence-electron chi connectivity index (χ0n) is 20.2. The Morgan fingerprint density at radius 2 is 1.00 bits per heavy atom. The summed E-state index contributed by atoms with van der Waals surface area (Å²) in [6.07, 6.45) is 2.43. The number of sulfone groups is 2. The zero-order valence-corrected chi connectivity index (χ0v) is 21.8. The molecule has 0 unspecified atom stereocenters. The van der Waals surface area contributed by atoms with E-state index in [-0.39, 0.29) is 4.90 Å². The van der Waals surface area contributed by atoms with Crippen molar-refractivity contribution in [2.24, 2.45) is 0 Å². The van der Waals surface area contributed by atoms with Crippen LogP contribution in [0.15, 0.2) is 137 Å². The molecular weight excluding hydrogens is 524 g/mol. The first-order chi connectivity index (χ1) is 18.1. The van der Waals surface area contributed by atoms with E-state index in [0.29, 0.717) is 4.90 Å². The Kier molecular flexibility index (Phi) is 11.8. The third-order valence-corrected chi connectivity index (χ3v) is 7.70. The standard InChI is InChI=1S/C14H12O2S.C8H8O4S.C7H6O/c15-17(16,14-9-5-2-6-10-14)12-11-13-7-3-1-4-8-13;9-8(10)6-13(11,12)7-4-2-1-3-5-7;8-6-7-4-2-1-3-5-7/h1-12H;1-5H,6H2,(H,9,10);1-6H. The van der Waals surface area contributed by atoms with Gasteiger partial charge in [0.1, 0.15) is 6.29 Å². The first-order valence-corrected chi connectivity index (χ1v) is 14.4. The van der Waals surface area contributed by atoms with Gasteiger partial charge in [0.15, 0.2) is 25.4 Å². The van der Waals surface area contributed by atoms with Crippen LogP contribution in [-0.4, -0.2) is 40.0 Å². The monoisotopic (exact) mass is 550 g/mol. The largest absolute Gasteiger partial charge is 0.480 e. The van der Waals surface area contributed by atoms with Crippen molar-refractivity contribution >= 4 is 38.0 Å². The molecule has 4 aromatic carbocycles. The van der Waals surface area contributed by atoms with Gasteiger partial charge in [-0.1, -0.05) is 97.1 Å². The highest BCUT2D eigenvalue weighted by atomic mass is 32.2. The van der Waals surface area contributed by atoms with Crippen LogP contribution >= 0.6 is 0 Å². The van der Waals surface area contributed by atoms with Gasteiger partial charge in [0.2, 0.25) is 0 Å². The Morgan fingerprint density at radius 1 is 0.605 bits per heavy atom. The molecule has 0 atom stereocenters. The minimum Gasteiger partial charge on any atom is -0.480 e. The van der Waals surface area contributed by atoms with E-state index in [4.69, 9.17) is 5.11 Å². The molecule has 0 aliphatic carbocycles. The molecule has 0 amide bonds. The number of carbonyl (C=O) groups excluding carboxylic acids is 1. The topological polar surface area (TPSA) is 123 Å². The summed E-state index contributed by atoms with van der Waals surface area (Å²) in [5, 5.41) is 9.57. The summed E-state index contributed by atoms with van der Waals surface area (Å²) in [4.78, 5) is 20.6.